The van der Waals surface area contributed by atoms with Crippen molar-refractivity contribution in [3.63, 3.8) is 0 Å². The first kappa shape index (κ1) is 17.1. The van der Waals surface area contributed by atoms with Gasteiger partial charge < -0.3 is 4.90 Å². The van der Waals surface area contributed by atoms with Crippen molar-refractivity contribution in [3.8, 4) is 11.1 Å². The van der Waals surface area contributed by atoms with Crippen LogP contribution in [-0.2, 0) is 0 Å². The van der Waals surface area contributed by atoms with Crippen LogP contribution in [0.5, 0.6) is 0 Å². The van der Waals surface area contributed by atoms with Crippen LogP contribution in [0.1, 0.15) is 25.7 Å². The number of nitrogens with zero attached hydrogens (tertiary/aromatic N) is 4. The number of benzene rings is 1. The second-order valence-corrected chi connectivity index (χ2v) is 6.76. The summed E-state index contributed by atoms with van der Waals surface area (Å²) in [6, 6.07) is 1.24. The molecule has 0 unspecified atom stereocenters. The molecule has 1 fully saturated rings. The summed E-state index contributed by atoms with van der Waals surface area (Å²) in [7, 11) is 0. The summed E-state index contributed by atoms with van der Waals surface area (Å²) < 4.78 is 43.0. The van der Waals surface area contributed by atoms with Gasteiger partial charge in [0, 0.05) is 37.0 Å². The number of rotatable bonds is 2. The van der Waals surface area contributed by atoms with Gasteiger partial charge in [-0.2, -0.15) is 9.97 Å². The molecule has 0 bridgehead atoms. The van der Waals surface area contributed by atoms with Crippen LogP contribution in [0.3, 0.4) is 0 Å². The van der Waals surface area contributed by atoms with Crippen LogP contribution >= 0.6 is 11.6 Å². The highest BCUT2D eigenvalue weighted by Crippen LogP contribution is 2.32. The number of imidazole rings is 1. The number of anilines is 1. The Bertz CT molecular complexity index is 941. The normalized spacial score (nSPS) is 15.5. The Morgan fingerprint density at radius 2 is 1.54 bits per heavy atom. The molecule has 1 aliphatic heterocycles. The van der Waals surface area contributed by atoms with Crippen molar-refractivity contribution in [2.24, 2.45) is 0 Å². The Morgan fingerprint density at radius 1 is 0.885 bits per heavy atom. The second kappa shape index (κ2) is 6.79. The summed E-state index contributed by atoms with van der Waals surface area (Å²) in [5.41, 5.74) is -0.357. The minimum atomic E-state index is -1.03. The Balaban J connectivity index is 1.79. The van der Waals surface area contributed by atoms with Crippen molar-refractivity contribution < 1.29 is 13.2 Å². The van der Waals surface area contributed by atoms with Crippen molar-refractivity contribution in [2.75, 3.05) is 18.0 Å². The van der Waals surface area contributed by atoms with E-state index >= 15 is 0 Å². The number of aromatic nitrogens is 3. The zero-order valence-electron chi connectivity index (χ0n) is 13.9. The lowest BCUT2D eigenvalue weighted by Crippen LogP contribution is -2.24. The van der Waals surface area contributed by atoms with Crippen LogP contribution in [0.15, 0.2) is 24.5 Å². The van der Waals surface area contributed by atoms with Gasteiger partial charge >= 0.3 is 0 Å². The van der Waals surface area contributed by atoms with Crippen LogP contribution in [0.2, 0.25) is 5.15 Å². The van der Waals surface area contributed by atoms with E-state index in [-0.39, 0.29) is 10.7 Å². The van der Waals surface area contributed by atoms with Gasteiger partial charge in [0.15, 0.2) is 0 Å². The first-order valence-electron chi connectivity index (χ1n) is 8.48. The topological polar surface area (TPSA) is 33.4 Å². The number of hydrogen-bond donors (Lipinski definition) is 0. The van der Waals surface area contributed by atoms with E-state index in [4.69, 9.17) is 11.6 Å². The lowest BCUT2D eigenvalue weighted by atomic mass is 10.1. The summed E-state index contributed by atoms with van der Waals surface area (Å²) in [6.07, 6.45) is 7.83. The molecular weight excluding hydrogens is 365 g/mol. The zero-order valence-corrected chi connectivity index (χ0v) is 14.6. The molecule has 4 rings (SSSR count). The lowest BCUT2D eigenvalue weighted by molar-refractivity contribution is 0.548. The lowest BCUT2D eigenvalue weighted by Gasteiger charge is -2.18. The summed E-state index contributed by atoms with van der Waals surface area (Å²) in [5, 5.41) is -0.0880. The third-order valence-corrected chi connectivity index (χ3v) is 4.88. The molecule has 0 saturated carbocycles. The predicted octanol–water partition coefficient (Wildman–Crippen LogP) is 4.85. The van der Waals surface area contributed by atoms with E-state index in [1.165, 1.54) is 19.0 Å². The van der Waals surface area contributed by atoms with Crippen molar-refractivity contribution in [3.05, 3.63) is 47.1 Å². The Kier molecular flexibility index (Phi) is 4.48. The SMILES string of the molecule is Fc1cc(F)c(-c2cn3cc(N4CCCCCC4)nc3nc2Cl)c(F)c1. The van der Waals surface area contributed by atoms with Crippen molar-refractivity contribution in [2.45, 2.75) is 25.7 Å². The van der Waals surface area contributed by atoms with E-state index in [9.17, 15) is 13.2 Å². The number of halogens is 4. The summed E-state index contributed by atoms with van der Waals surface area (Å²) in [6.45, 7) is 1.82. The van der Waals surface area contributed by atoms with Crippen molar-refractivity contribution >= 4 is 23.2 Å². The van der Waals surface area contributed by atoms with Gasteiger partial charge in [0.25, 0.3) is 0 Å². The maximum Gasteiger partial charge on any atom is 0.237 e. The average Bonchev–Trinajstić information content (AvgIpc) is 2.79. The largest absolute Gasteiger partial charge is 0.355 e. The third-order valence-electron chi connectivity index (χ3n) is 4.59. The van der Waals surface area contributed by atoms with E-state index in [1.54, 1.807) is 10.6 Å². The predicted molar refractivity (Wildman–Crippen MR) is 94.0 cm³/mol. The first-order valence-corrected chi connectivity index (χ1v) is 8.86. The van der Waals surface area contributed by atoms with E-state index < -0.39 is 23.0 Å². The maximum absolute atomic E-state index is 14.1. The third kappa shape index (κ3) is 3.11. The fourth-order valence-electron chi connectivity index (χ4n) is 3.31. The summed E-state index contributed by atoms with van der Waals surface area (Å²) >= 11 is 6.14. The molecule has 1 aliphatic rings. The average molecular weight is 381 g/mol. The molecule has 0 spiro atoms. The smallest absolute Gasteiger partial charge is 0.237 e. The Hall–Kier alpha value is -2.28. The fourth-order valence-corrected chi connectivity index (χ4v) is 3.53. The van der Waals surface area contributed by atoms with Gasteiger partial charge in [-0.15, -0.1) is 0 Å². The molecule has 8 heteroatoms. The Morgan fingerprint density at radius 3 is 2.19 bits per heavy atom. The van der Waals surface area contributed by atoms with Gasteiger partial charge in [0.1, 0.15) is 28.4 Å². The minimum Gasteiger partial charge on any atom is -0.355 e. The molecule has 26 heavy (non-hydrogen) atoms. The maximum atomic E-state index is 14.1. The van der Waals surface area contributed by atoms with Crippen LogP contribution in [0, 0.1) is 17.5 Å². The fraction of sp³-hybridized carbons (Fsp3) is 0.333. The first-order chi connectivity index (χ1) is 12.5. The molecule has 0 radical (unpaired) electrons. The standard InChI is InChI=1S/C18H16ClF3N4/c19-17-12(16-13(21)7-11(20)8-14(16)22)9-26-10-15(23-18(26)24-17)25-5-3-1-2-4-6-25/h7-10H,1-6H2. The van der Waals surface area contributed by atoms with Crippen LogP contribution in [-0.4, -0.2) is 27.5 Å². The highest BCUT2D eigenvalue weighted by Gasteiger charge is 2.20. The van der Waals surface area contributed by atoms with Gasteiger partial charge in [0.2, 0.25) is 5.78 Å². The molecule has 0 N–H and O–H groups in total. The van der Waals surface area contributed by atoms with E-state index in [0.717, 1.165) is 31.7 Å². The molecule has 1 aromatic carbocycles. The van der Waals surface area contributed by atoms with E-state index in [2.05, 4.69) is 14.9 Å². The molecule has 136 valence electrons. The van der Waals surface area contributed by atoms with Gasteiger partial charge in [-0.3, -0.25) is 4.40 Å². The zero-order chi connectivity index (χ0) is 18.3. The highest BCUT2D eigenvalue weighted by atomic mass is 35.5. The van der Waals surface area contributed by atoms with Crippen molar-refractivity contribution in [1.29, 1.82) is 0 Å². The molecule has 2 aromatic heterocycles. The Labute approximate surface area is 153 Å². The molecule has 3 aromatic rings. The molecular formula is C18H16ClF3N4. The molecule has 0 atom stereocenters. The van der Waals surface area contributed by atoms with E-state index in [0.29, 0.717) is 17.9 Å². The summed E-state index contributed by atoms with van der Waals surface area (Å²) in [4.78, 5) is 10.8. The van der Waals surface area contributed by atoms with Gasteiger partial charge in [-0.1, -0.05) is 24.4 Å². The number of hydrogen-bond acceptors (Lipinski definition) is 3. The monoisotopic (exact) mass is 380 g/mol. The molecule has 0 amide bonds. The number of fused-ring (bicyclic) bond motifs is 1. The van der Waals surface area contributed by atoms with Crippen molar-refractivity contribution in [1.82, 2.24) is 14.4 Å². The van der Waals surface area contributed by atoms with Crippen LogP contribution < -0.4 is 4.90 Å². The second-order valence-electron chi connectivity index (χ2n) is 6.40. The van der Waals surface area contributed by atoms with Crippen LogP contribution in [0.25, 0.3) is 16.9 Å². The van der Waals surface area contributed by atoms with Gasteiger partial charge in [-0.25, -0.2) is 13.2 Å². The molecule has 0 aliphatic carbocycles. The molecule has 3 heterocycles. The minimum absolute atomic E-state index is 0.0500. The van der Waals surface area contributed by atoms with Gasteiger partial charge in [-0.05, 0) is 12.8 Å². The molecule has 4 nitrogen and oxygen atoms in total. The van der Waals surface area contributed by atoms with Gasteiger partial charge in [0.05, 0.1) is 11.8 Å². The quantitative estimate of drug-likeness (QED) is 0.596. The summed E-state index contributed by atoms with van der Waals surface area (Å²) in [5.74, 6) is -1.94. The van der Waals surface area contributed by atoms with E-state index in [1.807, 2.05) is 0 Å². The van der Waals surface area contributed by atoms with Crippen LogP contribution in [0.4, 0.5) is 19.0 Å². The molecule has 1 saturated heterocycles. The highest BCUT2D eigenvalue weighted by molar-refractivity contribution is 6.32.